The van der Waals surface area contributed by atoms with Gasteiger partial charge >= 0.3 is 11.9 Å². The van der Waals surface area contributed by atoms with E-state index in [9.17, 15) is 19.7 Å². The van der Waals surface area contributed by atoms with Gasteiger partial charge in [-0.3, -0.25) is 10.1 Å². The fraction of sp³-hybridized carbons (Fsp3) is 0.231. The molecule has 23 heavy (non-hydrogen) atoms. The van der Waals surface area contributed by atoms with Crippen molar-refractivity contribution in [3.63, 3.8) is 0 Å². The quantitative estimate of drug-likeness (QED) is 0.290. The number of nitro benzene ring substituents is 1. The Balaban J connectivity index is 2.35. The molecule has 8 nitrogen and oxygen atoms in total. The van der Waals surface area contributed by atoms with E-state index in [-0.39, 0.29) is 15.7 Å². The zero-order valence-electron chi connectivity index (χ0n) is 11.9. The molecule has 0 bridgehead atoms. The molecule has 1 aliphatic rings. The predicted octanol–water partition coefficient (Wildman–Crippen LogP) is 3.03. The Kier molecular flexibility index (Phi) is 4.49. The van der Waals surface area contributed by atoms with E-state index < -0.39 is 33.9 Å². The molecular formula is C13H10Cl2N2O6. The van der Waals surface area contributed by atoms with E-state index in [4.69, 9.17) is 32.7 Å². The lowest BCUT2D eigenvalue weighted by Crippen LogP contribution is -2.42. The SMILES string of the molecule is CC1(C)OC(=O)C(=CNc2c(Cl)cc(Cl)cc2[N+](=O)[O-])C(=O)O1. The average Bonchev–Trinajstić information content (AvgIpc) is 2.37. The van der Waals surface area contributed by atoms with Crippen LogP contribution in [0.3, 0.4) is 0 Å². The average molecular weight is 361 g/mol. The predicted molar refractivity (Wildman–Crippen MR) is 81.1 cm³/mol. The number of hydrogen-bond donors (Lipinski definition) is 1. The number of esters is 2. The lowest BCUT2D eigenvalue weighted by molar-refractivity contribution is -0.383. The summed E-state index contributed by atoms with van der Waals surface area (Å²) in [6, 6.07) is 2.35. The van der Waals surface area contributed by atoms with Crippen LogP contribution in [-0.2, 0) is 19.1 Å². The lowest BCUT2D eigenvalue weighted by Gasteiger charge is -2.29. The number of rotatable bonds is 3. The monoisotopic (exact) mass is 360 g/mol. The maximum Gasteiger partial charge on any atom is 0.350 e. The highest BCUT2D eigenvalue weighted by Gasteiger charge is 2.39. The van der Waals surface area contributed by atoms with Crippen molar-refractivity contribution in [2.24, 2.45) is 0 Å². The van der Waals surface area contributed by atoms with Gasteiger partial charge in [0.2, 0.25) is 0 Å². The molecule has 10 heteroatoms. The van der Waals surface area contributed by atoms with Gasteiger partial charge in [0, 0.05) is 31.1 Å². The number of halogens is 2. The molecule has 0 aromatic heterocycles. The first-order valence-corrected chi connectivity index (χ1v) is 6.93. The molecule has 1 fully saturated rings. The van der Waals surface area contributed by atoms with Crippen molar-refractivity contribution in [2.75, 3.05) is 5.32 Å². The smallest absolute Gasteiger partial charge is 0.350 e. The molecule has 0 spiro atoms. The third-order valence-electron chi connectivity index (χ3n) is 2.71. The second kappa shape index (κ2) is 6.05. The van der Waals surface area contributed by atoms with E-state index >= 15 is 0 Å². The fourth-order valence-electron chi connectivity index (χ4n) is 1.77. The Morgan fingerprint density at radius 3 is 2.30 bits per heavy atom. The molecule has 1 N–H and O–H groups in total. The van der Waals surface area contributed by atoms with Crippen molar-refractivity contribution < 1.29 is 24.0 Å². The van der Waals surface area contributed by atoms with Crippen LogP contribution in [0.2, 0.25) is 10.0 Å². The molecule has 1 aromatic carbocycles. The number of ether oxygens (including phenoxy) is 2. The molecule has 0 saturated carbocycles. The van der Waals surface area contributed by atoms with Gasteiger partial charge in [-0.1, -0.05) is 23.2 Å². The molecule has 122 valence electrons. The van der Waals surface area contributed by atoms with E-state index in [1.165, 1.54) is 19.9 Å². The third-order valence-corrected chi connectivity index (χ3v) is 3.22. The molecule has 0 radical (unpaired) electrons. The number of anilines is 1. The molecular weight excluding hydrogens is 351 g/mol. The summed E-state index contributed by atoms with van der Waals surface area (Å²) < 4.78 is 9.79. The van der Waals surface area contributed by atoms with Gasteiger partial charge in [-0.05, 0) is 6.07 Å². The van der Waals surface area contributed by atoms with Crippen molar-refractivity contribution in [1.29, 1.82) is 0 Å². The van der Waals surface area contributed by atoms with Gasteiger partial charge in [0.25, 0.3) is 11.5 Å². The number of carbonyl (C=O) groups excluding carboxylic acids is 2. The van der Waals surface area contributed by atoms with Gasteiger partial charge < -0.3 is 14.8 Å². The second-order valence-electron chi connectivity index (χ2n) is 4.92. The first kappa shape index (κ1) is 17.0. The van der Waals surface area contributed by atoms with Crippen LogP contribution < -0.4 is 5.32 Å². The number of nitrogens with zero attached hydrogens (tertiary/aromatic N) is 1. The Bertz CT molecular complexity index is 722. The van der Waals surface area contributed by atoms with Crippen molar-refractivity contribution >= 4 is 46.5 Å². The largest absolute Gasteiger partial charge is 0.419 e. The zero-order valence-corrected chi connectivity index (χ0v) is 13.4. The Labute approximate surface area is 140 Å². The number of nitrogens with one attached hydrogen (secondary N) is 1. The highest BCUT2D eigenvalue weighted by atomic mass is 35.5. The van der Waals surface area contributed by atoms with Crippen molar-refractivity contribution in [3.05, 3.63) is 44.1 Å². The Morgan fingerprint density at radius 1 is 1.22 bits per heavy atom. The van der Waals surface area contributed by atoms with Gasteiger partial charge in [0.1, 0.15) is 5.69 Å². The standard InChI is InChI=1S/C13H10Cl2N2O6/c1-13(2)22-11(18)7(12(19)23-13)5-16-10-8(15)3-6(14)4-9(10)17(20)21/h3-5,16H,1-2H3. The van der Waals surface area contributed by atoms with Crippen LogP contribution in [0.15, 0.2) is 23.9 Å². The highest BCUT2D eigenvalue weighted by Crippen LogP contribution is 2.36. The van der Waals surface area contributed by atoms with Gasteiger partial charge in [-0.25, -0.2) is 9.59 Å². The summed E-state index contributed by atoms with van der Waals surface area (Å²) in [5.41, 5.74) is -0.999. The van der Waals surface area contributed by atoms with Gasteiger partial charge in [0.15, 0.2) is 5.57 Å². The van der Waals surface area contributed by atoms with Crippen LogP contribution in [0.5, 0.6) is 0 Å². The highest BCUT2D eigenvalue weighted by molar-refractivity contribution is 6.37. The molecule has 1 heterocycles. The molecule has 1 aromatic rings. The third kappa shape index (κ3) is 3.72. The van der Waals surface area contributed by atoms with Crippen LogP contribution in [0.25, 0.3) is 0 Å². The molecule has 0 unspecified atom stereocenters. The summed E-state index contributed by atoms with van der Waals surface area (Å²) in [5.74, 6) is -3.23. The van der Waals surface area contributed by atoms with Crippen LogP contribution in [0.4, 0.5) is 11.4 Å². The van der Waals surface area contributed by atoms with Crippen molar-refractivity contribution in [1.82, 2.24) is 0 Å². The minimum Gasteiger partial charge on any atom is -0.419 e. The van der Waals surface area contributed by atoms with Crippen LogP contribution in [0.1, 0.15) is 13.8 Å². The summed E-state index contributed by atoms with van der Waals surface area (Å²) in [5, 5.41) is 13.5. The Hall–Kier alpha value is -2.32. The van der Waals surface area contributed by atoms with Gasteiger partial charge in [0.05, 0.1) is 9.95 Å². The maximum atomic E-state index is 11.8. The van der Waals surface area contributed by atoms with E-state index in [0.29, 0.717) is 0 Å². The number of cyclic esters (lactones) is 2. The van der Waals surface area contributed by atoms with Gasteiger partial charge in [-0.2, -0.15) is 0 Å². The number of nitro groups is 1. The van der Waals surface area contributed by atoms with E-state index in [2.05, 4.69) is 5.32 Å². The van der Waals surface area contributed by atoms with Crippen LogP contribution >= 0.6 is 23.2 Å². The van der Waals surface area contributed by atoms with Crippen LogP contribution in [0, 0.1) is 10.1 Å². The van der Waals surface area contributed by atoms with E-state index in [1.54, 1.807) is 0 Å². The molecule has 0 aliphatic carbocycles. The van der Waals surface area contributed by atoms with Crippen molar-refractivity contribution in [2.45, 2.75) is 19.6 Å². The summed E-state index contributed by atoms with van der Waals surface area (Å²) in [6.07, 6.45) is 0.933. The second-order valence-corrected chi connectivity index (χ2v) is 5.76. The minimum absolute atomic E-state index is 0.0566. The van der Waals surface area contributed by atoms with Gasteiger partial charge in [-0.15, -0.1) is 0 Å². The first-order chi connectivity index (χ1) is 10.6. The number of carbonyl (C=O) groups is 2. The van der Waals surface area contributed by atoms with Crippen LogP contribution in [-0.4, -0.2) is 22.6 Å². The lowest BCUT2D eigenvalue weighted by atomic mass is 10.2. The molecule has 0 amide bonds. The number of benzene rings is 1. The minimum atomic E-state index is -1.38. The first-order valence-electron chi connectivity index (χ1n) is 6.17. The molecule has 1 saturated heterocycles. The molecule has 1 aliphatic heterocycles. The summed E-state index contributed by atoms with van der Waals surface area (Å²) in [4.78, 5) is 33.9. The van der Waals surface area contributed by atoms with E-state index in [0.717, 1.165) is 12.3 Å². The summed E-state index contributed by atoms with van der Waals surface area (Å²) in [6.45, 7) is 2.79. The normalized spacial score (nSPS) is 16.4. The summed E-state index contributed by atoms with van der Waals surface area (Å²) in [7, 11) is 0. The Morgan fingerprint density at radius 2 is 1.78 bits per heavy atom. The maximum absolute atomic E-state index is 11.8. The summed E-state index contributed by atoms with van der Waals surface area (Å²) >= 11 is 11.6. The molecule has 2 rings (SSSR count). The fourth-order valence-corrected chi connectivity index (χ4v) is 2.31. The zero-order chi connectivity index (χ0) is 17.4. The topological polar surface area (TPSA) is 108 Å². The van der Waals surface area contributed by atoms with E-state index in [1.807, 2.05) is 0 Å². The number of hydrogen-bond acceptors (Lipinski definition) is 7. The molecule has 0 atom stereocenters. The van der Waals surface area contributed by atoms with Crippen molar-refractivity contribution in [3.8, 4) is 0 Å².